The van der Waals surface area contributed by atoms with E-state index >= 15 is 0 Å². The second-order valence-corrected chi connectivity index (χ2v) is 6.71. The number of halogens is 2. The molecule has 0 aromatic carbocycles. The van der Waals surface area contributed by atoms with Crippen molar-refractivity contribution >= 4 is 30.7 Å². The van der Waals surface area contributed by atoms with E-state index in [-0.39, 0.29) is 24.8 Å². The molecule has 2 saturated heterocycles. The molecule has 138 valence electrons. The van der Waals surface area contributed by atoms with Crippen molar-refractivity contribution in [1.29, 1.82) is 0 Å². The zero-order valence-corrected chi connectivity index (χ0v) is 16.4. The van der Waals surface area contributed by atoms with Crippen molar-refractivity contribution in [2.45, 2.75) is 70.9 Å². The molecule has 2 aliphatic heterocycles. The van der Waals surface area contributed by atoms with Gasteiger partial charge in [-0.15, -0.1) is 24.8 Å². The second-order valence-electron chi connectivity index (χ2n) is 6.71. The molecule has 0 spiro atoms. The van der Waals surface area contributed by atoms with Crippen molar-refractivity contribution in [3.05, 3.63) is 0 Å². The zero-order valence-electron chi connectivity index (χ0n) is 14.8. The van der Waals surface area contributed by atoms with Crippen LogP contribution >= 0.6 is 24.8 Å². The average molecular weight is 368 g/mol. The summed E-state index contributed by atoms with van der Waals surface area (Å²) in [6.07, 6.45) is 7.83. The summed E-state index contributed by atoms with van der Waals surface area (Å²) in [6.45, 7) is 9.76. The van der Waals surface area contributed by atoms with Crippen LogP contribution in [0.15, 0.2) is 0 Å². The van der Waals surface area contributed by atoms with Crippen LogP contribution < -0.4 is 5.32 Å². The Bertz CT molecular complexity index is 325. The highest BCUT2D eigenvalue weighted by Crippen LogP contribution is 2.20. The largest absolute Gasteiger partial charge is 0.341 e. The molecule has 2 fully saturated rings. The summed E-state index contributed by atoms with van der Waals surface area (Å²) in [6, 6.07) is 1.22. The summed E-state index contributed by atoms with van der Waals surface area (Å²) in [5, 5.41) is 3.64. The van der Waals surface area contributed by atoms with Crippen LogP contribution in [-0.4, -0.2) is 60.5 Å². The molecular formula is C17H35Cl2N3O. The molecule has 2 rings (SSSR count). The number of nitrogens with one attached hydrogen (secondary N) is 1. The molecule has 6 heteroatoms. The second kappa shape index (κ2) is 12.3. The number of hydrogen-bond acceptors (Lipinski definition) is 3. The lowest BCUT2D eigenvalue weighted by Gasteiger charge is -2.25. The molecule has 2 atom stereocenters. The first-order valence-corrected chi connectivity index (χ1v) is 8.99. The van der Waals surface area contributed by atoms with Gasteiger partial charge in [0.15, 0.2) is 0 Å². The van der Waals surface area contributed by atoms with Gasteiger partial charge < -0.3 is 15.1 Å². The van der Waals surface area contributed by atoms with E-state index in [0.717, 1.165) is 38.9 Å². The lowest BCUT2D eigenvalue weighted by atomic mass is 10.1. The Balaban J connectivity index is 0.00000242. The molecule has 1 N–H and O–H groups in total. The van der Waals surface area contributed by atoms with E-state index < -0.39 is 0 Å². The number of carbonyl (C=O) groups excluding carboxylic acids is 1. The van der Waals surface area contributed by atoms with Crippen molar-refractivity contribution < 1.29 is 4.79 Å². The molecule has 0 aromatic rings. The SMILES string of the molecule is CCCN(CCC)CCCC(=O)N1CCC2CCC(C1)N2.Cl.Cl. The minimum absolute atomic E-state index is 0. The van der Waals surface area contributed by atoms with Crippen LogP contribution in [-0.2, 0) is 4.79 Å². The molecule has 1 amide bonds. The normalized spacial score (nSPS) is 23.2. The fourth-order valence-electron chi connectivity index (χ4n) is 3.75. The molecule has 2 aliphatic rings. The van der Waals surface area contributed by atoms with E-state index in [4.69, 9.17) is 0 Å². The van der Waals surface area contributed by atoms with Gasteiger partial charge in [-0.05, 0) is 58.2 Å². The van der Waals surface area contributed by atoms with Crippen LogP contribution in [0.4, 0.5) is 0 Å². The summed E-state index contributed by atoms with van der Waals surface area (Å²) >= 11 is 0. The van der Waals surface area contributed by atoms with Gasteiger partial charge in [-0.1, -0.05) is 13.8 Å². The Labute approximate surface area is 154 Å². The molecule has 0 aromatic heterocycles. The molecule has 2 bridgehead atoms. The fraction of sp³-hybridized carbons (Fsp3) is 0.941. The average Bonchev–Trinajstić information content (AvgIpc) is 2.78. The maximum Gasteiger partial charge on any atom is 0.222 e. The summed E-state index contributed by atoms with van der Waals surface area (Å²) in [5.41, 5.74) is 0. The van der Waals surface area contributed by atoms with Gasteiger partial charge in [-0.25, -0.2) is 0 Å². The van der Waals surface area contributed by atoms with Crippen LogP contribution in [0.25, 0.3) is 0 Å². The number of hydrogen-bond donors (Lipinski definition) is 1. The predicted molar refractivity (Wildman–Crippen MR) is 102 cm³/mol. The van der Waals surface area contributed by atoms with E-state index in [1.165, 1.54) is 38.8 Å². The monoisotopic (exact) mass is 367 g/mol. The van der Waals surface area contributed by atoms with Crippen molar-refractivity contribution in [3.8, 4) is 0 Å². The Morgan fingerprint density at radius 3 is 2.35 bits per heavy atom. The summed E-state index contributed by atoms with van der Waals surface area (Å²) in [7, 11) is 0. The number of likely N-dealkylation sites (tertiary alicyclic amines) is 1. The zero-order chi connectivity index (χ0) is 15.1. The standard InChI is InChI=1S/C17H33N3O.2ClH/c1-3-10-19(11-4-2)12-5-6-17(21)20-13-9-15-7-8-16(14-20)18-15;;/h15-16,18H,3-14H2,1-2H3;2*1H. The van der Waals surface area contributed by atoms with Crippen molar-refractivity contribution in [3.63, 3.8) is 0 Å². The maximum atomic E-state index is 12.4. The predicted octanol–water partition coefficient (Wildman–Crippen LogP) is 3.09. The smallest absolute Gasteiger partial charge is 0.222 e. The quantitative estimate of drug-likeness (QED) is 0.715. The van der Waals surface area contributed by atoms with Crippen LogP contribution in [0.2, 0.25) is 0 Å². The van der Waals surface area contributed by atoms with Crippen molar-refractivity contribution in [2.75, 3.05) is 32.7 Å². The third kappa shape index (κ3) is 7.59. The molecule has 0 aliphatic carbocycles. The molecule has 4 nitrogen and oxygen atoms in total. The van der Waals surface area contributed by atoms with Crippen molar-refractivity contribution in [1.82, 2.24) is 15.1 Å². The van der Waals surface area contributed by atoms with E-state index in [2.05, 4.69) is 29.0 Å². The maximum absolute atomic E-state index is 12.4. The minimum atomic E-state index is 0. The highest BCUT2D eigenvalue weighted by Gasteiger charge is 2.30. The molecular weight excluding hydrogens is 333 g/mol. The first-order chi connectivity index (χ1) is 10.2. The van der Waals surface area contributed by atoms with Crippen LogP contribution in [0.1, 0.15) is 58.8 Å². The highest BCUT2D eigenvalue weighted by atomic mass is 35.5. The first-order valence-electron chi connectivity index (χ1n) is 8.99. The van der Waals surface area contributed by atoms with E-state index in [0.29, 0.717) is 18.0 Å². The number of fused-ring (bicyclic) bond motifs is 2. The van der Waals surface area contributed by atoms with E-state index in [9.17, 15) is 4.79 Å². The molecule has 2 heterocycles. The lowest BCUT2D eigenvalue weighted by Crippen LogP contribution is -2.39. The van der Waals surface area contributed by atoms with Gasteiger partial charge >= 0.3 is 0 Å². The molecule has 2 unspecified atom stereocenters. The van der Waals surface area contributed by atoms with Gasteiger partial charge in [0.05, 0.1) is 0 Å². The fourth-order valence-corrected chi connectivity index (χ4v) is 3.75. The number of nitrogens with zero attached hydrogens (tertiary/aromatic N) is 2. The van der Waals surface area contributed by atoms with Crippen LogP contribution in [0.3, 0.4) is 0 Å². The van der Waals surface area contributed by atoms with E-state index in [1.54, 1.807) is 0 Å². The Morgan fingerprint density at radius 2 is 1.70 bits per heavy atom. The van der Waals surface area contributed by atoms with Crippen LogP contribution in [0.5, 0.6) is 0 Å². The van der Waals surface area contributed by atoms with E-state index in [1.807, 2.05) is 0 Å². The molecule has 0 radical (unpaired) electrons. The Kier molecular flexibility index (Phi) is 12.3. The first kappa shape index (κ1) is 23.0. The topological polar surface area (TPSA) is 35.6 Å². The summed E-state index contributed by atoms with van der Waals surface area (Å²) < 4.78 is 0. The third-order valence-corrected chi connectivity index (χ3v) is 4.82. The van der Waals surface area contributed by atoms with Gasteiger partial charge in [-0.3, -0.25) is 4.79 Å². The van der Waals surface area contributed by atoms with Gasteiger partial charge in [0, 0.05) is 31.6 Å². The highest BCUT2D eigenvalue weighted by molar-refractivity contribution is 5.85. The molecule has 0 saturated carbocycles. The van der Waals surface area contributed by atoms with Crippen LogP contribution in [0, 0.1) is 0 Å². The van der Waals surface area contributed by atoms with Gasteiger partial charge in [-0.2, -0.15) is 0 Å². The van der Waals surface area contributed by atoms with Gasteiger partial charge in [0.25, 0.3) is 0 Å². The number of rotatable bonds is 8. The molecule has 23 heavy (non-hydrogen) atoms. The third-order valence-electron chi connectivity index (χ3n) is 4.82. The van der Waals surface area contributed by atoms with Gasteiger partial charge in [0.1, 0.15) is 0 Å². The van der Waals surface area contributed by atoms with Crippen molar-refractivity contribution in [2.24, 2.45) is 0 Å². The summed E-state index contributed by atoms with van der Waals surface area (Å²) in [5.74, 6) is 0.372. The van der Waals surface area contributed by atoms with Gasteiger partial charge in [0.2, 0.25) is 5.91 Å². The number of amides is 1. The Hall–Kier alpha value is -0.0300. The Morgan fingerprint density at radius 1 is 1.04 bits per heavy atom. The summed E-state index contributed by atoms with van der Waals surface area (Å²) in [4.78, 5) is 17.0. The minimum Gasteiger partial charge on any atom is -0.341 e. The number of carbonyl (C=O) groups is 1. The lowest BCUT2D eigenvalue weighted by molar-refractivity contribution is -0.131.